The first-order valence-electron chi connectivity index (χ1n) is 8.29. The lowest BCUT2D eigenvalue weighted by Gasteiger charge is -2.22. The molecule has 118 valence electrons. The standard InChI is InChI=1S/C18H29NOS/c1-18(2,3)19-17(20)13-16-15(10-11-21-16)12-14-8-6-4-5-7-9-14/h10-12,14,16H,4-9,13H2,1-3H3,(H,19,20). The van der Waals surface area contributed by atoms with E-state index < -0.39 is 0 Å². The highest BCUT2D eigenvalue weighted by molar-refractivity contribution is 8.03. The first-order valence-corrected chi connectivity index (χ1v) is 9.23. The van der Waals surface area contributed by atoms with Gasteiger partial charge in [0.05, 0.1) is 0 Å². The number of hydrogen-bond acceptors (Lipinski definition) is 2. The van der Waals surface area contributed by atoms with Crippen LogP contribution in [0.2, 0.25) is 0 Å². The smallest absolute Gasteiger partial charge is 0.221 e. The van der Waals surface area contributed by atoms with Gasteiger partial charge in [-0.1, -0.05) is 37.8 Å². The monoisotopic (exact) mass is 307 g/mol. The number of allylic oxidation sites excluding steroid dienone is 2. The Bertz CT molecular complexity index is 411. The van der Waals surface area contributed by atoms with Gasteiger partial charge in [0.2, 0.25) is 5.91 Å². The highest BCUT2D eigenvalue weighted by Crippen LogP contribution is 2.34. The second kappa shape index (κ2) is 7.53. The van der Waals surface area contributed by atoms with E-state index >= 15 is 0 Å². The number of carbonyl (C=O) groups is 1. The van der Waals surface area contributed by atoms with E-state index in [1.54, 1.807) is 11.8 Å². The molecular weight excluding hydrogens is 278 g/mol. The second-order valence-electron chi connectivity index (χ2n) is 7.35. The first kappa shape index (κ1) is 16.7. The van der Waals surface area contributed by atoms with E-state index in [0.717, 1.165) is 5.92 Å². The fourth-order valence-corrected chi connectivity index (χ4v) is 4.10. The maximum atomic E-state index is 12.1. The van der Waals surface area contributed by atoms with Crippen LogP contribution in [0.5, 0.6) is 0 Å². The van der Waals surface area contributed by atoms with Crippen molar-refractivity contribution in [2.75, 3.05) is 0 Å². The average molecular weight is 308 g/mol. The van der Waals surface area contributed by atoms with E-state index in [1.165, 1.54) is 44.1 Å². The highest BCUT2D eigenvalue weighted by Gasteiger charge is 2.24. The Morgan fingerprint density at radius 2 is 1.95 bits per heavy atom. The number of rotatable bonds is 3. The van der Waals surface area contributed by atoms with Gasteiger partial charge in [-0.05, 0) is 50.5 Å². The molecule has 1 unspecified atom stereocenters. The summed E-state index contributed by atoms with van der Waals surface area (Å²) >= 11 is 1.79. The summed E-state index contributed by atoms with van der Waals surface area (Å²) in [6, 6.07) is 0. The van der Waals surface area contributed by atoms with E-state index in [1.807, 2.05) is 20.8 Å². The molecule has 21 heavy (non-hydrogen) atoms. The summed E-state index contributed by atoms with van der Waals surface area (Å²) in [5.74, 6) is 0.884. The van der Waals surface area contributed by atoms with E-state index in [9.17, 15) is 4.79 Å². The van der Waals surface area contributed by atoms with Crippen LogP contribution in [0, 0.1) is 5.92 Å². The molecule has 2 rings (SSSR count). The normalized spacial score (nSPS) is 26.0. The number of nitrogens with one attached hydrogen (secondary N) is 1. The van der Waals surface area contributed by atoms with Gasteiger partial charge >= 0.3 is 0 Å². The van der Waals surface area contributed by atoms with Crippen molar-refractivity contribution in [1.29, 1.82) is 0 Å². The van der Waals surface area contributed by atoms with Crippen molar-refractivity contribution in [2.45, 2.75) is 76.5 Å². The van der Waals surface area contributed by atoms with E-state index in [-0.39, 0.29) is 11.4 Å². The molecule has 2 nitrogen and oxygen atoms in total. The molecule has 3 heteroatoms. The van der Waals surface area contributed by atoms with Gasteiger partial charge in [-0.15, -0.1) is 11.8 Å². The summed E-state index contributed by atoms with van der Waals surface area (Å²) in [6.07, 6.45) is 13.4. The maximum Gasteiger partial charge on any atom is 0.221 e. The highest BCUT2D eigenvalue weighted by atomic mass is 32.2. The summed E-state index contributed by atoms with van der Waals surface area (Å²) in [6.45, 7) is 6.10. The van der Waals surface area contributed by atoms with Crippen LogP contribution < -0.4 is 5.32 Å². The minimum atomic E-state index is -0.140. The zero-order chi connectivity index (χ0) is 15.3. The molecule has 2 aliphatic rings. The zero-order valence-electron chi connectivity index (χ0n) is 13.7. The van der Waals surface area contributed by atoms with Crippen LogP contribution >= 0.6 is 11.8 Å². The average Bonchev–Trinajstić information content (AvgIpc) is 2.63. The summed E-state index contributed by atoms with van der Waals surface area (Å²) in [5, 5.41) is 5.54. The number of amides is 1. The third kappa shape index (κ3) is 5.90. The molecule has 0 bridgehead atoms. The lowest BCUT2D eigenvalue weighted by Crippen LogP contribution is -2.41. The Labute approximate surface area is 133 Å². The molecule has 0 aromatic rings. The number of hydrogen-bond donors (Lipinski definition) is 1. The van der Waals surface area contributed by atoms with Crippen molar-refractivity contribution in [3.63, 3.8) is 0 Å². The largest absolute Gasteiger partial charge is 0.351 e. The SMILES string of the molecule is CC(C)(C)NC(=O)CC1SC=CC1=CC1CCCCCC1. The molecule has 0 aromatic heterocycles. The Morgan fingerprint density at radius 1 is 1.29 bits per heavy atom. The summed E-state index contributed by atoms with van der Waals surface area (Å²) in [7, 11) is 0. The van der Waals surface area contributed by atoms with Crippen molar-refractivity contribution in [3.8, 4) is 0 Å². The van der Waals surface area contributed by atoms with Gasteiger partial charge in [0.15, 0.2) is 0 Å². The van der Waals surface area contributed by atoms with Crippen LogP contribution in [0.4, 0.5) is 0 Å². The van der Waals surface area contributed by atoms with Crippen LogP contribution in [0.25, 0.3) is 0 Å². The Balaban J connectivity index is 1.92. The minimum absolute atomic E-state index is 0.140. The van der Waals surface area contributed by atoms with E-state index in [0.29, 0.717) is 11.7 Å². The number of thioether (sulfide) groups is 1. The number of carbonyl (C=O) groups excluding carboxylic acids is 1. The van der Waals surface area contributed by atoms with Gasteiger partial charge in [0, 0.05) is 17.2 Å². The molecule has 1 heterocycles. The maximum absolute atomic E-state index is 12.1. The molecule has 0 aromatic carbocycles. The summed E-state index contributed by atoms with van der Waals surface area (Å²) in [4.78, 5) is 12.1. The van der Waals surface area contributed by atoms with Crippen LogP contribution in [0.3, 0.4) is 0 Å². The van der Waals surface area contributed by atoms with Crippen molar-refractivity contribution < 1.29 is 4.79 Å². The second-order valence-corrected chi connectivity index (χ2v) is 8.46. The van der Waals surface area contributed by atoms with Crippen LogP contribution in [-0.2, 0) is 4.79 Å². The summed E-state index contributed by atoms with van der Waals surface area (Å²) < 4.78 is 0. The fraction of sp³-hybridized carbons (Fsp3) is 0.722. The lowest BCUT2D eigenvalue weighted by molar-refractivity contribution is -0.122. The zero-order valence-corrected chi connectivity index (χ0v) is 14.5. The molecule has 1 aliphatic carbocycles. The van der Waals surface area contributed by atoms with Crippen molar-refractivity contribution in [1.82, 2.24) is 5.32 Å². The predicted octanol–water partition coefficient (Wildman–Crippen LogP) is 4.82. The molecular formula is C18H29NOS. The predicted molar refractivity (Wildman–Crippen MR) is 92.3 cm³/mol. The van der Waals surface area contributed by atoms with Crippen LogP contribution in [-0.4, -0.2) is 16.7 Å². The molecule has 1 aliphatic heterocycles. The van der Waals surface area contributed by atoms with Crippen molar-refractivity contribution in [3.05, 3.63) is 23.1 Å². The topological polar surface area (TPSA) is 29.1 Å². The molecule has 0 saturated heterocycles. The third-order valence-corrected chi connectivity index (χ3v) is 5.15. The van der Waals surface area contributed by atoms with Gasteiger partial charge in [-0.3, -0.25) is 4.79 Å². The van der Waals surface area contributed by atoms with Gasteiger partial charge < -0.3 is 5.32 Å². The minimum Gasteiger partial charge on any atom is -0.351 e. The Morgan fingerprint density at radius 3 is 2.57 bits per heavy atom. The molecule has 1 fully saturated rings. The van der Waals surface area contributed by atoms with Gasteiger partial charge in [-0.25, -0.2) is 0 Å². The van der Waals surface area contributed by atoms with Crippen LogP contribution in [0.1, 0.15) is 65.7 Å². The molecule has 1 N–H and O–H groups in total. The molecule has 1 saturated carbocycles. The van der Waals surface area contributed by atoms with E-state index in [2.05, 4.69) is 22.9 Å². The Hall–Kier alpha value is -0.700. The van der Waals surface area contributed by atoms with Crippen LogP contribution in [0.15, 0.2) is 23.1 Å². The lowest BCUT2D eigenvalue weighted by atomic mass is 9.95. The van der Waals surface area contributed by atoms with E-state index in [4.69, 9.17) is 0 Å². The first-order chi connectivity index (χ1) is 9.94. The fourth-order valence-electron chi connectivity index (χ4n) is 3.11. The molecule has 0 radical (unpaired) electrons. The Kier molecular flexibility index (Phi) is 5.98. The van der Waals surface area contributed by atoms with Crippen molar-refractivity contribution >= 4 is 17.7 Å². The molecule has 0 spiro atoms. The molecule has 1 atom stereocenters. The van der Waals surface area contributed by atoms with Gasteiger partial charge in [0.25, 0.3) is 0 Å². The quantitative estimate of drug-likeness (QED) is 0.758. The van der Waals surface area contributed by atoms with Crippen molar-refractivity contribution in [2.24, 2.45) is 5.92 Å². The summed E-state index contributed by atoms with van der Waals surface area (Å²) in [5.41, 5.74) is 1.23. The van der Waals surface area contributed by atoms with Gasteiger partial charge in [-0.2, -0.15) is 0 Å². The third-order valence-electron chi connectivity index (χ3n) is 4.09. The molecule has 1 amide bonds. The van der Waals surface area contributed by atoms with Gasteiger partial charge in [0.1, 0.15) is 0 Å².